The van der Waals surface area contributed by atoms with E-state index in [9.17, 15) is 9.59 Å². The van der Waals surface area contributed by atoms with E-state index in [1.54, 1.807) is 24.3 Å². The van der Waals surface area contributed by atoms with Crippen molar-refractivity contribution in [3.63, 3.8) is 0 Å². The highest BCUT2D eigenvalue weighted by atomic mass is 16.2. The van der Waals surface area contributed by atoms with E-state index in [0.29, 0.717) is 6.54 Å². The van der Waals surface area contributed by atoms with E-state index in [0.717, 1.165) is 17.5 Å². The molecule has 1 aromatic heterocycles. The molecule has 0 aliphatic heterocycles. The predicted molar refractivity (Wildman–Crippen MR) is 88.7 cm³/mol. The molecular weight excluding hydrogens is 290 g/mol. The monoisotopic (exact) mass is 311 g/mol. The Balaban J connectivity index is 1.70. The fourth-order valence-corrected chi connectivity index (χ4v) is 2.12. The fourth-order valence-electron chi connectivity index (χ4n) is 2.12. The number of nitrogens with one attached hydrogen (secondary N) is 1. The minimum absolute atomic E-state index is 0.0263. The van der Waals surface area contributed by atoms with Gasteiger partial charge in [-0.25, -0.2) is 0 Å². The Morgan fingerprint density at radius 1 is 1.04 bits per heavy atom. The van der Waals surface area contributed by atoms with Crippen molar-refractivity contribution in [2.75, 3.05) is 20.1 Å². The molecule has 0 fully saturated rings. The number of carbonyl (C=O) groups excluding carboxylic acids is 2. The molecule has 1 N–H and O–H groups in total. The number of carbonyl (C=O) groups is 2. The average molecular weight is 311 g/mol. The summed E-state index contributed by atoms with van der Waals surface area (Å²) in [7, 11) is 1.74. The molecule has 0 unspecified atom stereocenters. The van der Waals surface area contributed by atoms with Gasteiger partial charge in [-0.3, -0.25) is 14.6 Å². The van der Waals surface area contributed by atoms with Crippen LogP contribution in [0.5, 0.6) is 0 Å². The summed E-state index contributed by atoms with van der Waals surface area (Å²) in [5.41, 5.74) is 2.07. The Labute approximate surface area is 136 Å². The van der Waals surface area contributed by atoms with Crippen LogP contribution < -0.4 is 5.32 Å². The van der Waals surface area contributed by atoms with Gasteiger partial charge in [0.1, 0.15) is 0 Å². The second-order valence-corrected chi connectivity index (χ2v) is 5.36. The van der Waals surface area contributed by atoms with Gasteiger partial charge in [0.05, 0.1) is 13.0 Å². The molecule has 1 aromatic carbocycles. The molecule has 23 heavy (non-hydrogen) atoms. The van der Waals surface area contributed by atoms with Crippen molar-refractivity contribution < 1.29 is 9.59 Å². The molecular formula is C18H21N3O2. The third kappa shape index (κ3) is 5.90. The van der Waals surface area contributed by atoms with Gasteiger partial charge in [-0.15, -0.1) is 0 Å². The molecule has 0 aliphatic rings. The van der Waals surface area contributed by atoms with Crippen molar-refractivity contribution in [2.45, 2.75) is 12.8 Å². The fraction of sp³-hybridized carbons (Fsp3) is 0.278. The molecule has 0 saturated carbocycles. The SMILES string of the molecule is CN(CCc1ccncc1)C(=O)CNC(=O)Cc1ccccc1. The van der Waals surface area contributed by atoms with Gasteiger partial charge in [0.2, 0.25) is 11.8 Å². The molecule has 0 aliphatic carbocycles. The van der Waals surface area contributed by atoms with Crippen molar-refractivity contribution in [1.82, 2.24) is 15.2 Å². The Morgan fingerprint density at radius 3 is 2.43 bits per heavy atom. The van der Waals surface area contributed by atoms with E-state index in [4.69, 9.17) is 0 Å². The largest absolute Gasteiger partial charge is 0.347 e. The Kier molecular flexibility index (Phi) is 6.29. The van der Waals surface area contributed by atoms with E-state index >= 15 is 0 Å². The summed E-state index contributed by atoms with van der Waals surface area (Å²) in [5.74, 6) is -0.243. The number of rotatable bonds is 7. The maximum absolute atomic E-state index is 12.0. The first-order chi connectivity index (χ1) is 11.1. The van der Waals surface area contributed by atoms with Crippen LogP contribution in [-0.4, -0.2) is 41.8 Å². The minimum Gasteiger partial charge on any atom is -0.347 e. The molecule has 0 spiro atoms. The third-order valence-electron chi connectivity index (χ3n) is 3.56. The van der Waals surface area contributed by atoms with Crippen LogP contribution in [0.3, 0.4) is 0 Å². The van der Waals surface area contributed by atoms with Crippen molar-refractivity contribution >= 4 is 11.8 Å². The van der Waals surface area contributed by atoms with Crippen LogP contribution in [0.4, 0.5) is 0 Å². The minimum atomic E-state index is -0.146. The van der Waals surface area contributed by atoms with Gasteiger partial charge in [-0.1, -0.05) is 30.3 Å². The zero-order chi connectivity index (χ0) is 16.5. The summed E-state index contributed by atoms with van der Waals surface area (Å²) in [6, 6.07) is 13.3. The maximum Gasteiger partial charge on any atom is 0.241 e. The number of hydrogen-bond acceptors (Lipinski definition) is 3. The molecule has 2 amide bonds. The lowest BCUT2D eigenvalue weighted by molar-refractivity contribution is -0.131. The van der Waals surface area contributed by atoms with Gasteiger partial charge in [0.15, 0.2) is 0 Å². The predicted octanol–water partition coefficient (Wildman–Crippen LogP) is 1.44. The molecule has 120 valence electrons. The lowest BCUT2D eigenvalue weighted by atomic mass is 10.1. The number of likely N-dealkylation sites (N-methyl/N-ethyl adjacent to an activating group) is 1. The number of hydrogen-bond donors (Lipinski definition) is 1. The summed E-state index contributed by atoms with van der Waals surface area (Å²) in [4.78, 5) is 29.4. The zero-order valence-electron chi connectivity index (χ0n) is 13.2. The molecule has 5 heteroatoms. The number of amides is 2. The van der Waals surface area contributed by atoms with Crippen LogP contribution in [0, 0.1) is 0 Å². The second-order valence-electron chi connectivity index (χ2n) is 5.36. The Bertz CT molecular complexity index is 629. The summed E-state index contributed by atoms with van der Waals surface area (Å²) < 4.78 is 0. The zero-order valence-corrected chi connectivity index (χ0v) is 13.2. The van der Waals surface area contributed by atoms with Crippen LogP contribution in [0.25, 0.3) is 0 Å². The van der Waals surface area contributed by atoms with Crippen molar-refractivity contribution in [2.24, 2.45) is 0 Å². The molecule has 1 heterocycles. The van der Waals surface area contributed by atoms with Crippen molar-refractivity contribution in [3.8, 4) is 0 Å². The number of nitrogens with zero attached hydrogens (tertiary/aromatic N) is 2. The second kappa shape index (κ2) is 8.68. The van der Waals surface area contributed by atoms with Gasteiger partial charge in [-0.2, -0.15) is 0 Å². The smallest absolute Gasteiger partial charge is 0.241 e. The number of aromatic nitrogens is 1. The molecule has 2 rings (SSSR count). The maximum atomic E-state index is 12.0. The van der Waals surface area contributed by atoms with E-state index in [2.05, 4.69) is 10.3 Å². The van der Waals surface area contributed by atoms with Gasteiger partial charge in [0, 0.05) is 26.0 Å². The normalized spacial score (nSPS) is 10.1. The highest BCUT2D eigenvalue weighted by Crippen LogP contribution is 2.00. The lowest BCUT2D eigenvalue weighted by Crippen LogP contribution is -2.39. The van der Waals surface area contributed by atoms with Gasteiger partial charge < -0.3 is 10.2 Å². The van der Waals surface area contributed by atoms with Gasteiger partial charge in [-0.05, 0) is 29.7 Å². The van der Waals surface area contributed by atoms with Crippen LogP contribution in [0.15, 0.2) is 54.9 Å². The first-order valence-corrected chi connectivity index (χ1v) is 7.58. The number of pyridine rings is 1. The van der Waals surface area contributed by atoms with E-state index in [-0.39, 0.29) is 24.8 Å². The highest BCUT2D eigenvalue weighted by molar-refractivity contribution is 5.85. The quantitative estimate of drug-likeness (QED) is 0.841. The van der Waals surface area contributed by atoms with Gasteiger partial charge >= 0.3 is 0 Å². The van der Waals surface area contributed by atoms with Crippen LogP contribution in [0.2, 0.25) is 0 Å². The first-order valence-electron chi connectivity index (χ1n) is 7.58. The molecule has 2 aromatic rings. The molecule has 0 atom stereocenters. The van der Waals surface area contributed by atoms with Crippen molar-refractivity contribution in [1.29, 1.82) is 0 Å². The van der Waals surface area contributed by atoms with Crippen LogP contribution in [0.1, 0.15) is 11.1 Å². The molecule has 0 radical (unpaired) electrons. The van der Waals surface area contributed by atoms with Crippen LogP contribution in [-0.2, 0) is 22.4 Å². The van der Waals surface area contributed by atoms with Crippen LogP contribution >= 0.6 is 0 Å². The summed E-state index contributed by atoms with van der Waals surface area (Å²) in [5, 5.41) is 2.67. The number of benzene rings is 1. The highest BCUT2D eigenvalue weighted by Gasteiger charge is 2.10. The van der Waals surface area contributed by atoms with Gasteiger partial charge in [0.25, 0.3) is 0 Å². The Morgan fingerprint density at radius 2 is 1.74 bits per heavy atom. The summed E-state index contributed by atoms with van der Waals surface area (Å²) in [6.45, 7) is 0.635. The Hall–Kier alpha value is -2.69. The summed E-state index contributed by atoms with van der Waals surface area (Å²) in [6.07, 6.45) is 4.53. The van der Waals surface area contributed by atoms with Crippen molar-refractivity contribution in [3.05, 3.63) is 66.0 Å². The third-order valence-corrected chi connectivity index (χ3v) is 3.56. The van der Waals surface area contributed by atoms with E-state index in [1.807, 2.05) is 42.5 Å². The summed E-state index contributed by atoms with van der Waals surface area (Å²) >= 11 is 0. The molecule has 5 nitrogen and oxygen atoms in total. The first kappa shape index (κ1) is 16.7. The molecule has 0 saturated heterocycles. The van der Waals surface area contributed by atoms with E-state index in [1.165, 1.54) is 0 Å². The average Bonchev–Trinajstić information content (AvgIpc) is 2.59. The van der Waals surface area contributed by atoms with E-state index < -0.39 is 0 Å². The topological polar surface area (TPSA) is 62.3 Å². The lowest BCUT2D eigenvalue weighted by Gasteiger charge is -2.17. The molecule has 0 bridgehead atoms. The standard InChI is InChI=1S/C18H21N3O2/c1-21(12-9-15-7-10-19-11-8-15)18(23)14-20-17(22)13-16-5-3-2-4-6-16/h2-8,10-11H,9,12-14H2,1H3,(H,20,22).